The zero-order valence-corrected chi connectivity index (χ0v) is 14.4. The van der Waals surface area contributed by atoms with E-state index in [0.29, 0.717) is 19.4 Å². The van der Waals surface area contributed by atoms with Crippen LogP contribution < -0.4 is 16.4 Å². The topological polar surface area (TPSA) is 104 Å². The fourth-order valence-corrected chi connectivity index (χ4v) is 2.85. The van der Waals surface area contributed by atoms with Gasteiger partial charge in [-0.25, -0.2) is 9.59 Å². The van der Waals surface area contributed by atoms with E-state index in [0.717, 1.165) is 22.8 Å². The fraction of sp³-hybridized carbons (Fsp3) is 0.368. The molecule has 0 saturated heterocycles. The lowest BCUT2D eigenvalue weighted by Crippen LogP contribution is -2.46. The molecule has 5 N–H and O–H groups in total. The third-order valence-electron chi connectivity index (χ3n) is 4.19. The molecule has 0 unspecified atom stereocenters. The molecule has 2 atom stereocenters. The van der Waals surface area contributed by atoms with Crippen LogP contribution >= 0.6 is 0 Å². The van der Waals surface area contributed by atoms with Crippen LogP contribution in [-0.2, 0) is 4.79 Å². The van der Waals surface area contributed by atoms with Crippen LogP contribution in [0.3, 0.4) is 0 Å². The summed E-state index contributed by atoms with van der Waals surface area (Å²) in [5.41, 5.74) is 6.41. The number of unbranched alkanes of at least 4 members (excludes halogenated alkanes) is 1. The standard InChI is InChI=1S/C19H25N3O3/c1-13(15-10-6-8-14-7-2-3-9-16(14)15)21-19(25)22-17(18(23)24)11-4-5-12-20/h2-3,6-10,13,17H,4-5,11-12,20H2,1H3,(H,23,24)(H2,21,22,25)/t13-,17+/m0/s1. The summed E-state index contributed by atoms with van der Waals surface area (Å²) < 4.78 is 0. The van der Waals surface area contributed by atoms with Gasteiger partial charge in [-0.2, -0.15) is 0 Å². The van der Waals surface area contributed by atoms with Crippen molar-refractivity contribution in [2.24, 2.45) is 5.73 Å². The average molecular weight is 343 g/mol. The lowest BCUT2D eigenvalue weighted by atomic mass is 10.00. The summed E-state index contributed by atoms with van der Waals surface area (Å²) in [5, 5.41) is 16.8. The minimum absolute atomic E-state index is 0.246. The molecule has 0 aromatic heterocycles. The average Bonchev–Trinajstić information content (AvgIpc) is 2.60. The van der Waals surface area contributed by atoms with Gasteiger partial charge in [-0.3, -0.25) is 0 Å². The molecule has 0 aliphatic heterocycles. The zero-order chi connectivity index (χ0) is 18.2. The summed E-state index contributed by atoms with van der Waals surface area (Å²) in [6.45, 7) is 2.39. The molecular weight excluding hydrogens is 318 g/mol. The molecule has 0 saturated carbocycles. The van der Waals surface area contributed by atoms with Crippen LogP contribution in [0, 0.1) is 0 Å². The van der Waals surface area contributed by atoms with Gasteiger partial charge < -0.3 is 21.5 Å². The molecule has 2 amide bonds. The van der Waals surface area contributed by atoms with Crippen LogP contribution in [-0.4, -0.2) is 29.7 Å². The first kappa shape index (κ1) is 18.7. The van der Waals surface area contributed by atoms with Gasteiger partial charge in [0.2, 0.25) is 0 Å². The number of benzene rings is 2. The fourth-order valence-electron chi connectivity index (χ4n) is 2.85. The highest BCUT2D eigenvalue weighted by Crippen LogP contribution is 2.23. The van der Waals surface area contributed by atoms with Gasteiger partial charge in [0.15, 0.2) is 0 Å². The lowest BCUT2D eigenvalue weighted by molar-refractivity contribution is -0.139. The van der Waals surface area contributed by atoms with Crippen molar-refractivity contribution in [2.45, 2.75) is 38.3 Å². The zero-order valence-electron chi connectivity index (χ0n) is 14.4. The van der Waals surface area contributed by atoms with Gasteiger partial charge in [0.1, 0.15) is 6.04 Å². The summed E-state index contributed by atoms with van der Waals surface area (Å²) in [7, 11) is 0. The molecule has 2 aromatic carbocycles. The number of hydrogen-bond donors (Lipinski definition) is 4. The third kappa shape index (κ3) is 5.19. The SMILES string of the molecule is C[C@H](NC(=O)N[C@H](CCCCN)C(=O)O)c1cccc2ccccc12. The van der Waals surface area contributed by atoms with E-state index in [-0.39, 0.29) is 6.04 Å². The second-order valence-corrected chi connectivity index (χ2v) is 6.08. The van der Waals surface area contributed by atoms with Crippen LogP contribution in [0.15, 0.2) is 42.5 Å². The molecule has 2 rings (SSSR count). The Morgan fingerprint density at radius 1 is 1.08 bits per heavy atom. The van der Waals surface area contributed by atoms with Crippen LogP contribution in [0.4, 0.5) is 4.79 Å². The van der Waals surface area contributed by atoms with Gasteiger partial charge in [-0.05, 0) is 49.1 Å². The van der Waals surface area contributed by atoms with E-state index in [2.05, 4.69) is 10.6 Å². The van der Waals surface area contributed by atoms with Gasteiger partial charge in [-0.15, -0.1) is 0 Å². The smallest absolute Gasteiger partial charge is 0.326 e. The van der Waals surface area contributed by atoms with Gasteiger partial charge in [0, 0.05) is 0 Å². The Kier molecular flexibility index (Phi) is 6.77. The molecular formula is C19H25N3O3. The molecule has 2 aromatic rings. The molecule has 6 heteroatoms. The number of carbonyl (C=O) groups excluding carboxylic acids is 1. The molecule has 0 spiro atoms. The van der Waals surface area contributed by atoms with E-state index in [1.54, 1.807) is 0 Å². The second-order valence-electron chi connectivity index (χ2n) is 6.08. The van der Waals surface area contributed by atoms with Crippen molar-refractivity contribution < 1.29 is 14.7 Å². The number of nitrogens with two attached hydrogens (primary N) is 1. The molecule has 6 nitrogen and oxygen atoms in total. The number of hydrogen-bond acceptors (Lipinski definition) is 3. The normalized spacial score (nSPS) is 13.2. The highest BCUT2D eigenvalue weighted by atomic mass is 16.4. The Bertz CT molecular complexity index is 727. The first-order valence-corrected chi connectivity index (χ1v) is 8.50. The number of urea groups is 1. The van der Waals surface area contributed by atoms with Crippen LogP contribution in [0.1, 0.15) is 37.8 Å². The van der Waals surface area contributed by atoms with E-state index in [9.17, 15) is 14.7 Å². The number of carbonyl (C=O) groups is 2. The van der Waals surface area contributed by atoms with Gasteiger partial charge in [0.05, 0.1) is 6.04 Å². The number of amides is 2. The Balaban J connectivity index is 2.02. The van der Waals surface area contributed by atoms with Crippen molar-refractivity contribution in [1.82, 2.24) is 10.6 Å². The first-order chi connectivity index (χ1) is 12.0. The molecule has 0 aliphatic carbocycles. The van der Waals surface area contributed by atoms with Gasteiger partial charge in [0.25, 0.3) is 0 Å². The maximum Gasteiger partial charge on any atom is 0.326 e. The van der Waals surface area contributed by atoms with E-state index in [1.807, 2.05) is 49.4 Å². The van der Waals surface area contributed by atoms with Crippen molar-refractivity contribution >= 4 is 22.8 Å². The Morgan fingerprint density at radius 2 is 1.80 bits per heavy atom. The third-order valence-corrected chi connectivity index (χ3v) is 4.19. The highest BCUT2D eigenvalue weighted by molar-refractivity contribution is 5.87. The number of nitrogens with one attached hydrogen (secondary N) is 2. The van der Waals surface area contributed by atoms with Crippen LogP contribution in [0.5, 0.6) is 0 Å². The van der Waals surface area contributed by atoms with E-state index in [1.165, 1.54) is 0 Å². The minimum Gasteiger partial charge on any atom is -0.480 e. The molecule has 0 aliphatic rings. The maximum absolute atomic E-state index is 12.2. The summed E-state index contributed by atoms with van der Waals surface area (Å²) in [4.78, 5) is 23.5. The number of carboxylic acids is 1. The monoisotopic (exact) mass is 343 g/mol. The maximum atomic E-state index is 12.2. The van der Waals surface area contributed by atoms with E-state index in [4.69, 9.17) is 5.73 Å². The summed E-state index contributed by atoms with van der Waals surface area (Å²) in [6, 6.07) is 12.2. The van der Waals surface area contributed by atoms with Crippen LogP contribution in [0.25, 0.3) is 10.8 Å². The van der Waals surface area contributed by atoms with Gasteiger partial charge in [-0.1, -0.05) is 42.5 Å². The number of aliphatic carboxylic acids is 1. The molecule has 0 bridgehead atoms. The number of rotatable bonds is 8. The Morgan fingerprint density at radius 3 is 2.52 bits per heavy atom. The van der Waals surface area contributed by atoms with Crippen LogP contribution in [0.2, 0.25) is 0 Å². The predicted molar refractivity (Wildman–Crippen MR) is 98.4 cm³/mol. The molecule has 0 fully saturated rings. The Labute approximate surface area is 147 Å². The minimum atomic E-state index is -1.04. The summed E-state index contributed by atoms with van der Waals surface area (Å²) in [5.74, 6) is -1.04. The first-order valence-electron chi connectivity index (χ1n) is 8.50. The Hall–Kier alpha value is -2.60. The highest BCUT2D eigenvalue weighted by Gasteiger charge is 2.20. The lowest BCUT2D eigenvalue weighted by Gasteiger charge is -2.20. The molecule has 0 radical (unpaired) electrons. The van der Waals surface area contributed by atoms with Crippen molar-refractivity contribution in [3.8, 4) is 0 Å². The van der Waals surface area contributed by atoms with E-state index < -0.39 is 18.0 Å². The van der Waals surface area contributed by atoms with Crippen molar-refractivity contribution in [1.29, 1.82) is 0 Å². The second kappa shape index (κ2) is 9.03. The quantitative estimate of drug-likeness (QED) is 0.553. The van der Waals surface area contributed by atoms with Gasteiger partial charge >= 0.3 is 12.0 Å². The number of carboxylic acid groups (broad SMARTS) is 1. The van der Waals surface area contributed by atoms with Crippen molar-refractivity contribution in [3.63, 3.8) is 0 Å². The molecule has 134 valence electrons. The summed E-state index contributed by atoms with van der Waals surface area (Å²) in [6.07, 6.45) is 1.76. The largest absolute Gasteiger partial charge is 0.480 e. The van der Waals surface area contributed by atoms with Crippen molar-refractivity contribution in [3.05, 3.63) is 48.0 Å². The molecule has 0 heterocycles. The van der Waals surface area contributed by atoms with Crippen molar-refractivity contribution in [2.75, 3.05) is 6.54 Å². The predicted octanol–water partition coefficient (Wildman–Crippen LogP) is 2.78. The van der Waals surface area contributed by atoms with E-state index >= 15 is 0 Å². The molecule has 25 heavy (non-hydrogen) atoms. The summed E-state index contributed by atoms with van der Waals surface area (Å²) >= 11 is 0. The number of fused-ring (bicyclic) bond motifs is 1.